The van der Waals surface area contributed by atoms with Crippen molar-refractivity contribution < 1.29 is 4.74 Å². The second-order valence-electron chi connectivity index (χ2n) is 7.02. The molecule has 4 unspecified atom stereocenters. The van der Waals surface area contributed by atoms with E-state index in [-0.39, 0.29) is 0 Å². The summed E-state index contributed by atoms with van der Waals surface area (Å²) in [6.45, 7) is 6.73. The van der Waals surface area contributed by atoms with Gasteiger partial charge < -0.3 is 15.0 Å². The third-order valence-electron chi connectivity index (χ3n) is 5.66. The Morgan fingerprint density at radius 2 is 1.90 bits per heavy atom. The van der Waals surface area contributed by atoms with Crippen LogP contribution in [0.15, 0.2) is 0 Å². The molecule has 0 amide bonds. The maximum atomic E-state index is 5.29. The van der Waals surface area contributed by atoms with Crippen LogP contribution in [0.25, 0.3) is 0 Å². The van der Waals surface area contributed by atoms with Gasteiger partial charge in [0.15, 0.2) is 0 Å². The molecule has 3 heteroatoms. The third-order valence-corrected chi connectivity index (χ3v) is 5.66. The van der Waals surface area contributed by atoms with Crippen molar-refractivity contribution >= 4 is 0 Å². The summed E-state index contributed by atoms with van der Waals surface area (Å²) in [5.74, 6) is 1.58. The molecule has 0 aromatic rings. The highest BCUT2D eigenvalue weighted by molar-refractivity contribution is 4.97. The molecular formula is C17H34N2O. The highest BCUT2D eigenvalue weighted by atomic mass is 16.5. The summed E-state index contributed by atoms with van der Waals surface area (Å²) < 4.78 is 5.29. The first kappa shape index (κ1) is 16.3. The number of hydrogen-bond acceptors (Lipinski definition) is 3. The molecule has 3 nitrogen and oxygen atoms in total. The van der Waals surface area contributed by atoms with Gasteiger partial charge in [-0.1, -0.05) is 13.8 Å². The molecule has 2 bridgehead atoms. The summed E-state index contributed by atoms with van der Waals surface area (Å²) in [5.41, 5.74) is 0. The van der Waals surface area contributed by atoms with Crippen LogP contribution >= 0.6 is 0 Å². The molecule has 0 saturated carbocycles. The largest absolute Gasteiger partial charge is 0.385 e. The number of methoxy groups -OCH3 is 1. The van der Waals surface area contributed by atoms with E-state index in [0.29, 0.717) is 12.0 Å². The topological polar surface area (TPSA) is 24.5 Å². The first-order valence-corrected chi connectivity index (χ1v) is 8.61. The van der Waals surface area contributed by atoms with Crippen molar-refractivity contribution in [1.29, 1.82) is 0 Å². The van der Waals surface area contributed by atoms with E-state index in [0.717, 1.165) is 31.2 Å². The average molecular weight is 282 g/mol. The summed E-state index contributed by atoms with van der Waals surface area (Å²) >= 11 is 0. The van der Waals surface area contributed by atoms with Crippen LogP contribution in [-0.2, 0) is 4.74 Å². The van der Waals surface area contributed by atoms with Crippen molar-refractivity contribution in [3.05, 3.63) is 0 Å². The molecule has 20 heavy (non-hydrogen) atoms. The molecule has 0 radical (unpaired) electrons. The van der Waals surface area contributed by atoms with E-state index in [1.54, 1.807) is 0 Å². The van der Waals surface area contributed by atoms with Gasteiger partial charge in [0.2, 0.25) is 0 Å². The van der Waals surface area contributed by atoms with Gasteiger partial charge in [-0.25, -0.2) is 0 Å². The van der Waals surface area contributed by atoms with Crippen LogP contribution in [0.2, 0.25) is 0 Å². The molecule has 0 spiro atoms. The number of nitrogens with one attached hydrogen (secondary N) is 1. The Balaban J connectivity index is 1.95. The zero-order valence-electron chi connectivity index (χ0n) is 13.9. The molecule has 2 saturated heterocycles. The van der Waals surface area contributed by atoms with E-state index in [4.69, 9.17) is 4.74 Å². The summed E-state index contributed by atoms with van der Waals surface area (Å²) in [6, 6.07) is 2.38. The van der Waals surface area contributed by atoms with Crippen LogP contribution in [0, 0.1) is 11.8 Å². The van der Waals surface area contributed by atoms with Gasteiger partial charge in [-0.2, -0.15) is 0 Å². The van der Waals surface area contributed by atoms with Gasteiger partial charge >= 0.3 is 0 Å². The lowest BCUT2D eigenvalue weighted by molar-refractivity contribution is 0.0882. The molecule has 2 fully saturated rings. The van der Waals surface area contributed by atoms with Crippen molar-refractivity contribution in [2.45, 2.75) is 70.5 Å². The molecule has 4 atom stereocenters. The van der Waals surface area contributed by atoms with E-state index in [9.17, 15) is 0 Å². The predicted molar refractivity (Wildman–Crippen MR) is 85.0 cm³/mol. The Morgan fingerprint density at radius 1 is 1.25 bits per heavy atom. The van der Waals surface area contributed by atoms with Gasteiger partial charge in [-0.15, -0.1) is 0 Å². The molecule has 2 aliphatic rings. The first-order chi connectivity index (χ1) is 9.67. The van der Waals surface area contributed by atoms with Crippen molar-refractivity contribution in [1.82, 2.24) is 10.2 Å². The van der Waals surface area contributed by atoms with Gasteiger partial charge in [0.05, 0.1) is 0 Å². The molecule has 2 rings (SSSR count). The van der Waals surface area contributed by atoms with Crippen molar-refractivity contribution in [3.63, 3.8) is 0 Å². The summed E-state index contributed by atoms with van der Waals surface area (Å²) in [4.78, 5) is 2.65. The Kier molecular flexibility index (Phi) is 6.31. The Morgan fingerprint density at radius 3 is 2.45 bits per heavy atom. The van der Waals surface area contributed by atoms with Crippen molar-refractivity contribution in [2.75, 3.05) is 27.3 Å². The predicted octanol–water partition coefficient (Wildman–Crippen LogP) is 2.90. The standard InChI is InChI=1S/C17H34N2O/c1-5-9-18-17(13(2)8-10-20-4)14-11-15-6-7-16(12-14)19(15)3/h13-18H,5-12H2,1-4H3. The van der Waals surface area contributed by atoms with Gasteiger partial charge in [0, 0.05) is 31.8 Å². The lowest BCUT2D eigenvalue weighted by atomic mass is 9.79. The molecule has 2 aliphatic heterocycles. The zero-order valence-corrected chi connectivity index (χ0v) is 13.9. The number of hydrogen-bond donors (Lipinski definition) is 1. The SMILES string of the molecule is CCCNC(C(C)CCOC)C1CC2CCC(C1)N2C. The normalized spacial score (nSPS) is 33.3. The monoisotopic (exact) mass is 282 g/mol. The Hall–Kier alpha value is -0.120. The fourth-order valence-electron chi connectivity index (χ4n) is 4.37. The maximum absolute atomic E-state index is 5.29. The number of fused-ring (bicyclic) bond motifs is 2. The second-order valence-corrected chi connectivity index (χ2v) is 7.02. The van der Waals surface area contributed by atoms with E-state index < -0.39 is 0 Å². The van der Waals surface area contributed by atoms with Crippen LogP contribution in [0.1, 0.15) is 52.4 Å². The van der Waals surface area contributed by atoms with Gasteiger partial charge in [-0.05, 0) is 64.0 Å². The van der Waals surface area contributed by atoms with Crippen LogP contribution in [-0.4, -0.2) is 50.3 Å². The van der Waals surface area contributed by atoms with Crippen LogP contribution in [0.3, 0.4) is 0 Å². The van der Waals surface area contributed by atoms with Gasteiger partial charge in [0.25, 0.3) is 0 Å². The lowest BCUT2D eigenvalue weighted by Crippen LogP contribution is -2.49. The fourth-order valence-corrected chi connectivity index (χ4v) is 4.37. The molecule has 0 aromatic heterocycles. The number of ether oxygens (including phenoxy) is 1. The minimum atomic E-state index is 0.682. The van der Waals surface area contributed by atoms with Gasteiger partial charge in [0.1, 0.15) is 0 Å². The number of rotatable bonds is 8. The average Bonchev–Trinajstić information content (AvgIpc) is 2.67. The van der Waals surface area contributed by atoms with E-state index in [1.165, 1.54) is 38.5 Å². The van der Waals surface area contributed by atoms with Crippen molar-refractivity contribution in [2.24, 2.45) is 11.8 Å². The quantitative estimate of drug-likeness (QED) is 0.741. The second kappa shape index (κ2) is 7.77. The third kappa shape index (κ3) is 3.75. The molecule has 118 valence electrons. The summed E-state index contributed by atoms with van der Waals surface area (Å²) in [7, 11) is 4.15. The Bertz CT molecular complexity index is 270. The lowest BCUT2D eigenvalue weighted by Gasteiger charge is -2.42. The summed E-state index contributed by atoms with van der Waals surface area (Å²) in [5, 5.41) is 3.86. The highest BCUT2D eigenvalue weighted by Gasteiger charge is 2.41. The van der Waals surface area contributed by atoms with Crippen LogP contribution in [0.5, 0.6) is 0 Å². The molecular weight excluding hydrogens is 248 g/mol. The fraction of sp³-hybridized carbons (Fsp3) is 1.00. The number of piperidine rings is 1. The molecule has 0 aromatic carbocycles. The number of nitrogens with zero attached hydrogens (tertiary/aromatic N) is 1. The summed E-state index contributed by atoms with van der Waals surface area (Å²) in [6.07, 6.45) is 8.04. The first-order valence-electron chi connectivity index (χ1n) is 8.61. The zero-order chi connectivity index (χ0) is 14.5. The van der Waals surface area contributed by atoms with Crippen LogP contribution in [0.4, 0.5) is 0 Å². The Labute approximate surface area is 125 Å². The minimum absolute atomic E-state index is 0.682. The van der Waals surface area contributed by atoms with E-state index >= 15 is 0 Å². The smallest absolute Gasteiger partial charge is 0.0465 e. The van der Waals surface area contributed by atoms with Gasteiger partial charge in [-0.3, -0.25) is 0 Å². The van der Waals surface area contributed by atoms with Crippen LogP contribution < -0.4 is 5.32 Å². The van der Waals surface area contributed by atoms with E-state index in [2.05, 4.69) is 31.1 Å². The van der Waals surface area contributed by atoms with Crippen molar-refractivity contribution in [3.8, 4) is 0 Å². The highest BCUT2D eigenvalue weighted by Crippen LogP contribution is 2.40. The molecule has 0 aliphatic carbocycles. The maximum Gasteiger partial charge on any atom is 0.0465 e. The molecule has 2 heterocycles. The minimum Gasteiger partial charge on any atom is -0.385 e. The van der Waals surface area contributed by atoms with E-state index in [1.807, 2.05) is 7.11 Å². The molecule has 1 N–H and O–H groups in total.